The summed E-state index contributed by atoms with van der Waals surface area (Å²) in [4.78, 5) is 28.2. The molecule has 7 nitrogen and oxygen atoms in total. The maximum absolute atomic E-state index is 12.4. The molecule has 2 fully saturated rings. The van der Waals surface area contributed by atoms with E-state index in [2.05, 4.69) is 10.2 Å². The molecule has 3 atom stereocenters. The number of rotatable bonds is 6. The van der Waals surface area contributed by atoms with Gasteiger partial charge in [0.05, 0.1) is 32.7 Å². The van der Waals surface area contributed by atoms with Gasteiger partial charge in [-0.3, -0.25) is 14.5 Å². The molecular formula is C20H29N3O4. The number of ether oxygens (including phenoxy) is 2. The first-order chi connectivity index (χ1) is 12.9. The van der Waals surface area contributed by atoms with Crippen molar-refractivity contribution in [3.05, 3.63) is 29.8 Å². The second-order valence-corrected chi connectivity index (χ2v) is 7.58. The van der Waals surface area contributed by atoms with E-state index in [0.717, 1.165) is 30.8 Å². The number of nitrogens with zero attached hydrogens (tertiary/aromatic N) is 2. The molecule has 2 heterocycles. The molecule has 0 aliphatic carbocycles. The Bertz CT molecular complexity index is 679. The van der Waals surface area contributed by atoms with Crippen molar-refractivity contribution in [3.8, 4) is 5.75 Å². The first-order valence-electron chi connectivity index (χ1n) is 9.42. The van der Waals surface area contributed by atoms with E-state index >= 15 is 0 Å². The van der Waals surface area contributed by atoms with Gasteiger partial charge in [0.2, 0.25) is 11.8 Å². The van der Waals surface area contributed by atoms with Crippen LogP contribution in [0.25, 0.3) is 0 Å². The van der Waals surface area contributed by atoms with Crippen LogP contribution in [0.4, 0.5) is 0 Å². The van der Waals surface area contributed by atoms with Gasteiger partial charge >= 0.3 is 0 Å². The molecule has 0 bridgehead atoms. The van der Waals surface area contributed by atoms with Gasteiger partial charge in [-0.25, -0.2) is 0 Å². The Balaban J connectivity index is 1.48. The number of amides is 2. The van der Waals surface area contributed by atoms with Crippen LogP contribution < -0.4 is 10.1 Å². The third kappa shape index (κ3) is 5.20. The molecule has 0 unspecified atom stereocenters. The molecule has 1 N–H and O–H groups in total. The fourth-order valence-corrected chi connectivity index (χ4v) is 3.79. The lowest BCUT2D eigenvalue weighted by atomic mass is 10.1. The molecule has 0 spiro atoms. The number of methoxy groups -OCH3 is 1. The maximum Gasteiger partial charge on any atom is 0.224 e. The van der Waals surface area contributed by atoms with Gasteiger partial charge in [-0.05, 0) is 24.1 Å². The van der Waals surface area contributed by atoms with Crippen molar-refractivity contribution in [2.75, 3.05) is 40.9 Å². The van der Waals surface area contributed by atoms with E-state index in [9.17, 15) is 9.59 Å². The summed E-state index contributed by atoms with van der Waals surface area (Å²) in [5, 5.41) is 3.14. The zero-order valence-electron chi connectivity index (χ0n) is 16.3. The van der Waals surface area contributed by atoms with Gasteiger partial charge in [0.1, 0.15) is 5.75 Å². The second kappa shape index (κ2) is 8.71. The Kier molecular flexibility index (Phi) is 6.34. The topological polar surface area (TPSA) is 71.1 Å². The quantitative estimate of drug-likeness (QED) is 0.792. The molecule has 7 heteroatoms. The predicted molar refractivity (Wildman–Crippen MR) is 102 cm³/mol. The minimum atomic E-state index is -0.0672. The van der Waals surface area contributed by atoms with Gasteiger partial charge in [-0.2, -0.15) is 0 Å². The summed E-state index contributed by atoms with van der Waals surface area (Å²) in [5.74, 6) is 0.864. The second-order valence-electron chi connectivity index (χ2n) is 7.58. The van der Waals surface area contributed by atoms with Crippen LogP contribution in [0.2, 0.25) is 0 Å². The number of hydrogen-bond acceptors (Lipinski definition) is 5. The zero-order chi connectivity index (χ0) is 19.4. The first-order valence-corrected chi connectivity index (χ1v) is 9.42. The standard InChI is InChI=1S/C20H29N3O4/c1-22(2)20(25)10-18-12-23-11-15(9-16(23)13-27-18)21-19(24)8-14-5-4-6-17(7-14)26-3/h4-7,15-16,18H,8-13H2,1-3H3,(H,21,24)/t15-,16+,18+/m1/s1. The Morgan fingerprint density at radius 2 is 2.15 bits per heavy atom. The fourth-order valence-electron chi connectivity index (χ4n) is 3.79. The number of nitrogens with one attached hydrogen (secondary N) is 1. The van der Waals surface area contributed by atoms with Crippen LogP contribution in [0.3, 0.4) is 0 Å². The molecule has 27 heavy (non-hydrogen) atoms. The van der Waals surface area contributed by atoms with E-state index in [0.29, 0.717) is 25.5 Å². The molecule has 2 saturated heterocycles. The summed E-state index contributed by atoms with van der Waals surface area (Å²) >= 11 is 0. The number of hydrogen-bond donors (Lipinski definition) is 1. The number of carbonyl (C=O) groups excluding carboxylic acids is 2. The average Bonchev–Trinajstić information content (AvgIpc) is 3.02. The zero-order valence-corrected chi connectivity index (χ0v) is 16.3. The summed E-state index contributed by atoms with van der Waals surface area (Å²) in [6.45, 7) is 2.17. The van der Waals surface area contributed by atoms with Crippen molar-refractivity contribution in [1.82, 2.24) is 15.1 Å². The van der Waals surface area contributed by atoms with Gasteiger partial charge in [0, 0.05) is 39.3 Å². The lowest BCUT2D eigenvalue weighted by Gasteiger charge is -2.35. The number of benzene rings is 1. The molecule has 1 aromatic carbocycles. The lowest BCUT2D eigenvalue weighted by Crippen LogP contribution is -2.47. The van der Waals surface area contributed by atoms with Crippen molar-refractivity contribution in [2.45, 2.75) is 37.5 Å². The predicted octanol–water partition coefficient (Wildman–Crippen LogP) is 0.674. The Hall–Kier alpha value is -2.12. The molecule has 148 valence electrons. The summed E-state index contributed by atoms with van der Waals surface area (Å²) < 4.78 is 11.1. The highest BCUT2D eigenvalue weighted by atomic mass is 16.5. The third-order valence-corrected chi connectivity index (χ3v) is 5.26. The van der Waals surface area contributed by atoms with Crippen molar-refractivity contribution < 1.29 is 19.1 Å². The Morgan fingerprint density at radius 3 is 2.89 bits per heavy atom. The van der Waals surface area contributed by atoms with E-state index in [1.165, 1.54) is 0 Å². The summed E-state index contributed by atoms with van der Waals surface area (Å²) in [6.07, 6.45) is 1.57. The minimum Gasteiger partial charge on any atom is -0.497 e. The van der Waals surface area contributed by atoms with Crippen LogP contribution in [0, 0.1) is 0 Å². The highest BCUT2D eigenvalue weighted by molar-refractivity contribution is 5.79. The summed E-state index contributed by atoms with van der Waals surface area (Å²) in [6, 6.07) is 8.02. The third-order valence-electron chi connectivity index (χ3n) is 5.26. The van der Waals surface area contributed by atoms with Crippen LogP contribution in [0.1, 0.15) is 18.4 Å². The molecule has 2 amide bonds. The first kappa shape index (κ1) is 19.6. The molecule has 1 aromatic rings. The maximum atomic E-state index is 12.4. The van der Waals surface area contributed by atoms with Gasteiger partial charge in [0.15, 0.2) is 0 Å². The van der Waals surface area contributed by atoms with Crippen molar-refractivity contribution >= 4 is 11.8 Å². The molecule has 0 saturated carbocycles. The Morgan fingerprint density at radius 1 is 1.33 bits per heavy atom. The molecular weight excluding hydrogens is 346 g/mol. The molecule has 0 radical (unpaired) electrons. The number of morpholine rings is 1. The molecule has 0 aromatic heterocycles. The van der Waals surface area contributed by atoms with Crippen molar-refractivity contribution in [1.29, 1.82) is 0 Å². The molecule has 2 aliphatic heterocycles. The number of carbonyl (C=O) groups is 2. The minimum absolute atomic E-state index is 0.0216. The van der Waals surface area contributed by atoms with Crippen LogP contribution >= 0.6 is 0 Å². The Labute approximate surface area is 160 Å². The highest BCUT2D eigenvalue weighted by Gasteiger charge is 2.38. The van der Waals surface area contributed by atoms with E-state index in [4.69, 9.17) is 9.47 Å². The van der Waals surface area contributed by atoms with E-state index in [-0.39, 0.29) is 24.0 Å². The normalized spacial score (nSPS) is 24.9. The largest absolute Gasteiger partial charge is 0.497 e. The molecule has 3 rings (SSSR count). The number of fused-ring (bicyclic) bond motifs is 1. The van der Waals surface area contributed by atoms with Crippen LogP contribution in [-0.2, 0) is 20.7 Å². The van der Waals surface area contributed by atoms with E-state index in [1.807, 2.05) is 24.3 Å². The van der Waals surface area contributed by atoms with Gasteiger partial charge < -0.3 is 19.7 Å². The van der Waals surface area contributed by atoms with Crippen molar-refractivity contribution in [2.24, 2.45) is 0 Å². The summed E-state index contributed by atoms with van der Waals surface area (Å²) in [5.41, 5.74) is 0.938. The fraction of sp³-hybridized carbons (Fsp3) is 0.600. The van der Waals surface area contributed by atoms with E-state index < -0.39 is 0 Å². The van der Waals surface area contributed by atoms with E-state index in [1.54, 1.807) is 26.1 Å². The summed E-state index contributed by atoms with van der Waals surface area (Å²) in [7, 11) is 5.14. The van der Waals surface area contributed by atoms with Crippen LogP contribution in [-0.4, -0.2) is 80.7 Å². The van der Waals surface area contributed by atoms with Gasteiger partial charge in [0.25, 0.3) is 0 Å². The van der Waals surface area contributed by atoms with Gasteiger partial charge in [-0.1, -0.05) is 12.1 Å². The van der Waals surface area contributed by atoms with Gasteiger partial charge in [-0.15, -0.1) is 0 Å². The smallest absolute Gasteiger partial charge is 0.224 e. The van der Waals surface area contributed by atoms with Crippen LogP contribution in [0.15, 0.2) is 24.3 Å². The lowest BCUT2D eigenvalue weighted by molar-refractivity contribution is -0.134. The molecule has 2 aliphatic rings. The monoisotopic (exact) mass is 375 g/mol. The van der Waals surface area contributed by atoms with Crippen LogP contribution in [0.5, 0.6) is 5.75 Å². The van der Waals surface area contributed by atoms with Crippen molar-refractivity contribution in [3.63, 3.8) is 0 Å². The SMILES string of the molecule is COc1cccc(CC(=O)N[C@@H]2C[C@H]3CO[C@@H](CC(=O)N(C)C)CN3C2)c1. The average molecular weight is 375 g/mol. The highest BCUT2D eigenvalue weighted by Crippen LogP contribution is 2.24.